The van der Waals surface area contributed by atoms with Gasteiger partial charge in [-0.05, 0) is 24.1 Å². The molecule has 6 heteroatoms. The maximum absolute atomic E-state index is 5.99. The number of alkyl halides is 1. The molecule has 0 saturated carbocycles. The number of ether oxygens (including phenoxy) is 3. The van der Waals surface area contributed by atoms with E-state index in [0.29, 0.717) is 12.5 Å². The number of fused-ring (bicyclic) bond motifs is 1. The van der Waals surface area contributed by atoms with Crippen LogP contribution in [0.15, 0.2) is 23.6 Å². The maximum atomic E-state index is 5.99. The van der Waals surface area contributed by atoms with Gasteiger partial charge >= 0.3 is 0 Å². The van der Waals surface area contributed by atoms with Gasteiger partial charge in [-0.15, -0.1) is 22.9 Å². The molecule has 0 aliphatic carbocycles. The largest absolute Gasteiger partial charge is 0.454 e. The average molecular weight is 326 g/mol. The second-order valence-corrected chi connectivity index (χ2v) is 5.86. The Morgan fingerprint density at radius 3 is 3.00 bits per heavy atom. The molecule has 1 aromatic carbocycles. The molecule has 1 atom stereocenters. The van der Waals surface area contributed by atoms with Crippen LogP contribution >= 0.6 is 22.9 Å². The molecule has 0 spiro atoms. The topological polar surface area (TPSA) is 40.6 Å². The fourth-order valence-corrected chi connectivity index (χ4v) is 3.30. The molecule has 0 saturated heterocycles. The fraction of sp³-hybridized carbons (Fsp3) is 0.400. The standard InChI is InChI=1S/C15H16ClNO3S/c1-2-12(15-17-11(6-16)8-21-15)18-7-10-3-4-13-14(5-10)20-9-19-13/h3-5,8,12H,2,6-7,9H2,1H3. The zero-order valence-electron chi connectivity index (χ0n) is 11.7. The van der Waals surface area contributed by atoms with Crippen molar-refractivity contribution in [1.82, 2.24) is 4.98 Å². The Bertz CT molecular complexity index is 617. The number of aromatic nitrogens is 1. The van der Waals surface area contributed by atoms with Crippen LogP contribution in [0.25, 0.3) is 0 Å². The highest BCUT2D eigenvalue weighted by molar-refractivity contribution is 7.09. The minimum atomic E-state index is -0.00242. The molecule has 1 aromatic heterocycles. The molecule has 0 bridgehead atoms. The highest BCUT2D eigenvalue weighted by Gasteiger charge is 2.16. The summed E-state index contributed by atoms with van der Waals surface area (Å²) in [6, 6.07) is 5.87. The van der Waals surface area contributed by atoms with Crippen LogP contribution in [-0.2, 0) is 17.2 Å². The summed E-state index contributed by atoms with van der Waals surface area (Å²) in [6.07, 6.45) is 0.872. The monoisotopic (exact) mass is 325 g/mol. The number of hydrogen-bond acceptors (Lipinski definition) is 5. The van der Waals surface area contributed by atoms with Gasteiger partial charge in [-0.25, -0.2) is 4.98 Å². The summed E-state index contributed by atoms with van der Waals surface area (Å²) in [5, 5.41) is 2.96. The van der Waals surface area contributed by atoms with E-state index in [1.165, 1.54) is 0 Å². The van der Waals surface area contributed by atoms with E-state index in [9.17, 15) is 0 Å². The van der Waals surface area contributed by atoms with Gasteiger partial charge in [0.2, 0.25) is 6.79 Å². The molecule has 0 fully saturated rings. The predicted molar refractivity (Wildman–Crippen MR) is 82.1 cm³/mol. The van der Waals surface area contributed by atoms with Crippen LogP contribution in [0.2, 0.25) is 0 Å². The van der Waals surface area contributed by atoms with Crippen molar-refractivity contribution in [2.24, 2.45) is 0 Å². The Morgan fingerprint density at radius 2 is 2.24 bits per heavy atom. The number of benzene rings is 1. The van der Waals surface area contributed by atoms with Gasteiger partial charge in [0.25, 0.3) is 0 Å². The summed E-state index contributed by atoms with van der Waals surface area (Å²) in [4.78, 5) is 4.49. The average Bonchev–Trinajstić information content (AvgIpc) is 3.16. The molecule has 0 radical (unpaired) electrons. The lowest BCUT2D eigenvalue weighted by molar-refractivity contribution is 0.0368. The lowest BCUT2D eigenvalue weighted by Gasteiger charge is -2.13. The summed E-state index contributed by atoms with van der Waals surface area (Å²) in [6.45, 7) is 2.90. The summed E-state index contributed by atoms with van der Waals surface area (Å²) in [7, 11) is 0. The second-order valence-electron chi connectivity index (χ2n) is 4.71. The summed E-state index contributed by atoms with van der Waals surface area (Å²) < 4.78 is 16.7. The zero-order chi connectivity index (χ0) is 14.7. The van der Waals surface area contributed by atoms with Gasteiger partial charge in [0.05, 0.1) is 18.2 Å². The fourth-order valence-electron chi connectivity index (χ4n) is 2.12. The molecule has 1 aliphatic rings. The van der Waals surface area contributed by atoms with Crippen molar-refractivity contribution in [3.05, 3.63) is 39.8 Å². The Hall–Kier alpha value is -1.30. The van der Waals surface area contributed by atoms with Crippen molar-refractivity contribution >= 4 is 22.9 Å². The predicted octanol–water partition coefficient (Wildman–Crippen LogP) is 4.28. The first-order valence-electron chi connectivity index (χ1n) is 6.80. The summed E-state index contributed by atoms with van der Waals surface area (Å²) in [5.41, 5.74) is 1.97. The van der Waals surface area contributed by atoms with Crippen molar-refractivity contribution < 1.29 is 14.2 Å². The first-order valence-corrected chi connectivity index (χ1v) is 8.22. The molecule has 112 valence electrons. The van der Waals surface area contributed by atoms with Gasteiger partial charge in [-0.1, -0.05) is 13.0 Å². The van der Waals surface area contributed by atoms with Crippen molar-refractivity contribution in [1.29, 1.82) is 0 Å². The minimum Gasteiger partial charge on any atom is -0.454 e. The lowest BCUT2D eigenvalue weighted by atomic mass is 10.2. The number of thiazole rings is 1. The first-order chi connectivity index (χ1) is 10.3. The highest BCUT2D eigenvalue weighted by atomic mass is 35.5. The van der Waals surface area contributed by atoms with E-state index in [-0.39, 0.29) is 12.9 Å². The number of hydrogen-bond donors (Lipinski definition) is 0. The van der Waals surface area contributed by atoms with Gasteiger partial charge in [0.15, 0.2) is 11.5 Å². The van der Waals surface area contributed by atoms with Crippen molar-refractivity contribution in [3.63, 3.8) is 0 Å². The van der Waals surface area contributed by atoms with Crippen LogP contribution in [0.1, 0.15) is 35.7 Å². The Balaban J connectivity index is 1.65. The van der Waals surface area contributed by atoms with Gasteiger partial charge in [-0.2, -0.15) is 0 Å². The van der Waals surface area contributed by atoms with Crippen molar-refractivity contribution in [2.75, 3.05) is 6.79 Å². The van der Waals surface area contributed by atoms with E-state index in [4.69, 9.17) is 25.8 Å². The van der Waals surface area contributed by atoms with Crippen molar-refractivity contribution in [3.8, 4) is 11.5 Å². The Kier molecular flexibility index (Phi) is 4.63. The summed E-state index contributed by atoms with van der Waals surface area (Å²) >= 11 is 7.39. The molecule has 2 heterocycles. The number of rotatable bonds is 6. The van der Waals surface area contributed by atoms with E-state index < -0.39 is 0 Å². The van der Waals surface area contributed by atoms with Crippen LogP contribution in [0, 0.1) is 0 Å². The SMILES string of the molecule is CCC(OCc1ccc2c(c1)OCO2)c1nc(CCl)cs1. The Morgan fingerprint density at radius 1 is 1.38 bits per heavy atom. The van der Waals surface area contributed by atoms with Crippen molar-refractivity contribution in [2.45, 2.75) is 31.9 Å². The van der Waals surface area contributed by atoms with E-state index in [1.54, 1.807) is 11.3 Å². The normalized spacial score (nSPS) is 14.4. The molecular weight excluding hydrogens is 310 g/mol. The van der Waals surface area contributed by atoms with Crippen LogP contribution in [0.3, 0.4) is 0 Å². The highest BCUT2D eigenvalue weighted by Crippen LogP contribution is 2.33. The number of nitrogens with zero attached hydrogens (tertiary/aromatic N) is 1. The molecule has 1 unspecified atom stereocenters. The molecule has 0 N–H and O–H groups in total. The van der Waals surface area contributed by atoms with E-state index in [0.717, 1.165) is 34.2 Å². The minimum absolute atomic E-state index is 0.00242. The van der Waals surface area contributed by atoms with Gasteiger partial charge in [0, 0.05) is 5.38 Å². The first kappa shape index (κ1) is 14.6. The molecule has 0 amide bonds. The smallest absolute Gasteiger partial charge is 0.231 e. The van der Waals surface area contributed by atoms with Crippen LogP contribution < -0.4 is 9.47 Å². The van der Waals surface area contributed by atoms with Gasteiger partial charge in [0.1, 0.15) is 11.1 Å². The molecule has 1 aliphatic heterocycles. The quantitative estimate of drug-likeness (QED) is 0.743. The van der Waals surface area contributed by atoms with E-state index in [1.807, 2.05) is 23.6 Å². The second kappa shape index (κ2) is 6.64. The third-order valence-electron chi connectivity index (χ3n) is 3.24. The third-order valence-corrected chi connectivity index (χ3v) is 4.50. The van der Waals surface area contributed by atoms with Gasteiger partial charge in [-0.3, -0.25) is 0 Å². The molecular formula is C15H16ClNO3S. The van der Waals surface area contributed by atoms with Gasteiger partial charge < -0.3 is 14.2 Å². The summed E-state index contributed by atoms with van der Waals surface area (Å²) in [5.74, 6) is 2.01. The molecule has 3 rings (SSSR count). The lowest BCUT2D eigenvalue weighted by Crippen LogP contribution is -2.03. The molecule has 21 heavy (non-hydrogen) atoms. The third kappa shape index (κ3) is 3.31. The zero-order valence-corrected chi connectivity index (χ0v) is 13.2. The number of halogens is 1. The van der Waals surface area contributed by atoms with Crippen LogP contribution in [0.4, 0.5) is 0 Å². The van der Waals surface area contributed by atoms with Crippen LogP contribution in [0.5, 0.6) is 11.5 Å². The molecule has 4 nitrogen and oxygen atoms in total. The molecule has 2 aromatic rings. The van der Waals surface area contributed by atoms with Crippen LogP contribution in [-0.4, -0.2) is 11.8 Å². The van der Waals surface area contributed by atoms with E-state index >= 15 is 0 Å². The maximum Gasteiger partial charge on any atom is 0.231 e. The van der Waals surface area contributed by atoms with E-state index in [2.05, 4.69) is 11.9 Å². The Labute approximate surface area is 132 Å².